The summed E-state index contributed by atoms with van der Waals surface area (Å²) in [4.78, 5) is 4.64. The lowest BCUT2D eigenvalue weighted by Crippen LogP contribution is -1.98. The number of nitrogens with zero attached hydrogens (tertiary/aromatic N) is 4. The molecule has 0 fully saturated rings. The molecule has 0 atom stereocenters. The van der Waals surface area contributed by atoms with E-state index in [1.54, 1.807) is 10.9 Å². The zero-order valence-electron chi connectivity index (χ0n) is 12.1. The predicted octanol–water partition coefficient (Wildman–Crippen LogP) is 3.29. The first-order valence-corrected chi connectivity index (χ1v) is 7.46. The molecule has 0 spiro atoms. The van der Waals surface area contributed by atoms with Crippen molar-refractivity contribution in [3.63, 3.8) is 0 Å². The number of hydrogen-bond donors (Lipinski definition) is 0. The number of imidazole rings is 1. The summed E-state index contributed by atoms with van der Waals surface area (Å²) in [6, 6.07) is 5.93. The molecule has 0 aliphatic heterocycles. The van der Waals surface area contributed by atoms with Crippen molar-refractivity contribution in [3.8, 4) is 11.4 Å². The maximum atomic E-state index is 6.07. The molecule has 0 aliphatic rings. The second kappa shape index (κ2) is 5.77. The van der Waals surface area contributed by atoms with Gasteiger partial charge in [-0.3, -0.25) is 9.25 Å². The van der Waals surface area contributed by atoms with E-state index < -0.39 is 0 Å². The van der Waals surface area contributed by atoms with Crippen molar-refractivity contribution in [2.75, 3.05) is 6.61 Å². The van der Waals surface area contributed by atoms with E-state index in [-0.39, 0.29) is 0 Å². The zero-order chi connectivity index (χ0) is 14.8. The molecule has 0 radical (unpaired) electrons. The van der Waals surface area contributed by atoms with Crippen LogP contribution in [-0.2, 0) is 12.9 Å². The quantitative estimate of drug-likeness (QED) is 0.679. The van der Waals surface area contributed by atoms with Gasteiger partial charge in [-0.15, -0.1) is 11.6 Å². The van der Waals surface area contributed by atoms with Gasteiger partial charge in [-0.1, -0.05) is 13.0 Å². The summed E-state index contributed by atoms with van der Waals surface area (Å²) in [6.07, 6.45) is 4.70. The van der Waals surface area contributed by atoms with Gasteiger partial charge in [0.2, 0.25) is 0 Å². The van der Waals surface area contributed by atoms with Crippen LogP contribution < -0.4 is 4.74 Å². The van der Waals surface area contributed by atoms with Crippen LogP contribution in [0.2, 0.25) is 0 Å². The van der Waals surface area contributed by atoms with Crippen LogP contribution in [0, 0.1) is 0 Å². The van der Waals surface area contributed by atoms with Crippen LogP contribution in [-0.4, -0.2) is 25.9 Å². The van der Waals surface area contributed by atoms with E-state index in [0.717, 1.165) is 34.7 Å². The van der Waals surface area contributed by atoms with E-state index in [1.807, 2.05) is 36.0 Å². The number of rotatable bonds is 5. The Morgan fingerprint density at radius 1 is 1.33 bits per heavy atom. The molecule has 0 N–H and O–H groups in total. The van der Waals surface area contributed by atoms with Crippen LogP contribution in [0.15, 0.2) is 30.6 Å². The summed E-state index contributed by atoms with van der Waals surface area (Å²) in [5.74, 6) is 1.91. The highest BCUT2D eigenvalue weighted by Crippen LogP contribution is 2.29. The Labute approximate surface area is 128 Å². The van der Waals surface area contributed by atoms with Crippen molar-refractivity contribution >= 4 is 22.6 Å². The third-order valence-corrected chi connectivity index (χ3v) is 3.49. The van der Waals surface area contributed by atoms with Gasteiger partial charge in [0, 0.05) is 13.2 Å². The summed E-state index contributed by atoms with van der Waals surface area (Å²) >= 11 is 6.07. The van der Waals surface area contributed by atoms with Crippen molar-refractivity contribution in [1.29, 1.82) is 0 Å². The summed E-state index contributed by atoms with van der Waals surface area (Å²) in [6.45, 7) is 2.76. The maximum Gasteiger partial charge on any atom is 0.147 e. The molecule has 0 amide bonds. The summed E-state index contributed by atoms with van der Waals surface area (Å²) in [7, 11) is 1.89. The molecule has 0 unspecified atom stereocenters. The number of hydrogen-bond acceptors (Lipinski definition) is 3. The highest BCUT2D eigenvalue weighted by molar-refractivity contribution is 6.17. The molecule has 5 nitrogen and oxygen atoms in total. The molecule has 0 saturated carbocycles. The summed E-state index contributed by atoms with van der Waals surface area (Å²) in [5, 5.41) is 4.22. The third-order valence-electron chi connectivity index (χ3n) is 3.25. The Balaban J connectivity index is 2.19. The molecule has 21 heavy (non-hydrogen) atoms. The molecule has 3 aromatic rings. The van der Waals surface area contributed by atoms with Gasteiger partial charge in [0.05, 0.1) is 29.9 Å². The molecule has 0 saturated heterocycles. The van der Waals surface area contributed by atoms with Crippen LogP contribution in [0.1, 0.15) is 19.2 Å². The SMILES string of the molecule is CCCOc1cccc2c1nc(CCl)n2-c1cnn(C)c1. The van der Waals surface area contributed by atoms with E-state index in [4.69, 9.17) is 16.3 Å². The van der Waals surface area contributed by atoms with E-state index in [2.05, 4.69) is 17.0 Å². The highest BCUT2D eigenvalue weighted by Gasteiger charge is 2.15. The van der Waals surface area contributed by atoms with Crippen LogP contribution >= 0.6 is 11.6 Å². The topological polar surface area (TPSA) is 44.9 Å². The number of ether oxygens (including phenoxy) is 1. The number of aromatic nitrogens is 4. The molecule has 1 aromatic carbocycles. The maximum absolute atomic E-state index is 6.07. The number of para-hydroxylation sites is 1. The molecular formula is C15H17ClN4O. The van der Waals surface area contributed by atoms with E-state index >= 15 is 0 Å². The Kier molecular flexibility index (Phi) is 3.84. The summed E-state index contributed by atoms with van der Waals surface area (Å²) in [5.41, 5.74) is 2.76. The zero-order valence-corrected chi connectivity index (χ0v) is 12.8. The smallest absolute Gasteiger partial charge is 0.147 e. The fourth-order valence-electron chi connectivity index (χ4n) is 2.35. The first kappa shape index (κ1) is 13.9. The minimum Gasteiger partial charge on any atom is -0.491 e. The first-order chi connectivity index (χ1) is 10.2. The van der Waals surface area contributed by atoms with Crippen molar-refractivity contribution in [2.24, 2.45) is 7.05 Å². The molecule has 0 aliphatic carbocycles. The lowest BCUT2D eigenvalue weighted by molar-refractivity contribution is 0.320. The minimum atomic E-state index is 0.330. The number of halogens is 1. The molecule has 3 rings (SSSR count). The molecule has 2 heterocycles. The fourth-order valence-corrected chi connectivity index (χ4v) is 2.53. The fraction of sp³-hybridized carbons (Fsp3) is 0.333. The van der Waals surface area contributed by atoms with Gasteiger partial charge in [-0.05, 0) is 18.6 Å². The van der Waals surface area contributed by atoms with Gasteiger partial charge < -0.3 is 4.74 Å². The van der Waals surface area contributed by atoms with Gasteiger partial charge >= 0.3 is 0 Å². The van der Waals surface area contributed by atoms with Crippen LogP contribution in [0.4, 0.5) is 0 Å². The number of benzene rings is 1. The highest BCUT2D eigenvalue weighted by atomic mass is 35.5. The van der Waals surface area contributed by atoms with E-state index in [1.165, 1.54) is 0 Å². The van der Waals surface area contributed by atoms with Crippen molar-refractivity contribution < 1.29 is 4.74 Å². The average molecular weight is 305 g/mol. The van der Waals surface area contributed by atoms with Gasteiger partial charge in [-0.25, -0.2) is 4.98 Å². The molecular weight excluding hydrogens is 288 g/mol. The number of fused-ring (bicyclic) bond motifs is 1. The van der Waals surface area contributed by atoms with Crippen LogP contribution in [0.5, 0.6) is 5.75 Å². The standard InChI is InChI=1S/C15H17ClN4O/c1-3-7-21-13-6-4-5-12-15(13)18-14(8-16)20(12)11-9-17-19(2)10-11/h4-6,9-10H,3,7-8H2,1-2H3. The Hall–Kier alpha value is -2.01. The van der Waals surface area contributed by atoms with Crippen molar-refractivity contribution in [1.82, 2.24) is 19.3 Å². The van der Waals surface area contributed by atoms with Gasteiger partial charge in [0.25, 0.3) is 0 Å². The lowest BCUT2D eigenvalue weighted by Gasteiger charge is -2.06. The Morgan fingerprint density at radius 3 is 2.86 bits per heavy atom. The third kappa shape index (κ3) is 2.49. The number of aryl methyl sites for hydroxylation is 1. The molecule has 0 bridgehead atoms. The van der Waals surface area contributed by atoms with E-state index in [9.17, 15) is 0 Å². The van der Waals surface area contributed by atoms with Gasteiger partial charge in [-0.2, -0.15) is 5.10 Å². The van der Waals surface area contributed by atoms with Gasteiger partial charge in [0.15, 0.2) is 0 Å². The van der Waals surface area contributed by atoms with Crippen LogP contribution in [0.25, 0.3) is 16.7 Å². The Morgan fingerprint density at radius 2 is 2.19 bits per heavy atom. The second-order valence-corrected chi connectivity index (χ2v) is 5.11. The van der Waals surface area contributed by atoms with E-state index in [0.29, 0.717) is 12.5 Å². The molecule has 6 heteroatoms. The number of alkyl halides is 1. The van der Waals surface area contributed by atoms with Crippen molar-refractivity contribution in [3.05, 3.63) is 36.4 Å². The van der Waals surface area contributed by atoms with Crippen molar-refractivity contribution in [2.45, 2.75) is 19.2 Å². The molecule has 110 valence electrons. The second-order valence-electron chi connectivity index (χ2n) is 4.84. The summed E-state index contributed by atoms with van der Waals surface area (Å²) < 4.78 is 9.57. The average Bonchev–Trinajstić information content (AvgIpc) is 3.07. The van der Waals surface area contributed by atoms with Gasteiger partial charge in [0.1, 0.15) is 17.1 Å². The Bertz CT molecular complexity index is 762. The lowest BCUT2D eigenvalue weighted by atomic mass is 10.3. The van der Waals surface area contributed by atoms with Crippen LogP contribution in [0.3, 0.4) is 0 Å². The predicted molar refractivity (Wildman–Crippen MR) is 83.2 cm³/mol. The first-order valence-electron chi connectivity index (χ1n) is 6.92. The minimum absolute atomic E-state index is 0.330. The largest absolute Gasteiger partial charge is 0.491 e. The monoisotopic (exact) mass is 304 g/mol. The normalized spacial score (nSPS) is 11.2. The molecule has 2 aromatic heterocycles.